The van der Waals surface area contributed by atoms with E-state index in [1.54, 1.807) is 0 Å². The van der Waals surface area contributed by atoms with Crippen molar-refractivity contribution in [3.63, 3.8) is 0 Å². The third-order valence-corrected chi connectivity index (χ3v) is 5.49. The van der Waals surface area contributed by atoms with Crippen LogP contribution in [0.4, 0.5) is 5.69 Å². The van der Waals surface area contributed by atoms with E-state index in [0.717, 1.165) is 35.7 Å². The SMILES string of the molecule is CC(=O)N[C@@H](Cc1c[nH]c2ccccc12)C(=O)OCC(=O)Nc1ccc2c(c1)CCC2. The Morgan fingerprint density at radius 1 is 1.10 bits per heavy atom. The van der Waals surface area contributed by atoms with Crippen molar-refractivity contribution in [1.82, 2.24) is 10.3 Å². The first kappa shape index (κ1) is 20.7. The highest BCUT2D eigenvalue weighted by Gasteiger charge is 2.24. The van der Waals surface area contributed by atoms with E-state index in [1.807, 2.05) is 48.7 Å². The van der Waals surface area contributed by atoms with Crippen LogP contribution in [0.1, 0.15) is 30.0 Å². The number of para-hydroxylation sites is 1. The van der Waals surface area contributed by atoms with Gasteiger partial charge < -0.3 is 20.4 Å². The predicted octanol–water partition coefficient (Wildman–Crippen LogP) is 2.89. The number of hydrogen-bond donors (Lipinski definition) is 3. The molecule has 0 bridgehead atoms. The number of nitrogens with one attached hydrogen (secondary N) is 3. The Labute approximate surface area is 180 Å². The average Bonchev–Trinajstić information content (AvgIpc) is 3.38. The molecule has 1 aliphatic rings. The van der Waals surface area contributed by atoms with E-state index >= 15 is 0 Å². The molecule has 3 N–H and O–H groups in total. The first-order valence-corrected chi connectivity index (χ1v) is 10.4. The predicted molar refractivity (Wildman–Crippen MR) is 118 cm³/mol. The van der Waals surface area contributed by atoms with Crippen molar-refractivity contribution in [2.45, 2.75) is 38.6 Å². The monoisotopic (exact) mass is 419 g/mol. The zero-order valence-corrected chi connectivity index (χ0v) is 17.4. The summed E-state index contributed by atoms with van der Waals surface area (Å²) in [6.07, 6.45) is 5.29. The molecule has 0 unspecified atom stereocenters. The molecule has 1 atom stereocenters. The van der Waals surface area contributed by atoms with Gasteiger partial charge in [-0.25, -0.2) is 4.79 Å². The minimum atomic E-state index is -0.885. The van der Waals surface area contributed by atoms with Crippen LogP contribution in [-0.2, 0) is 38.4 Å². The van der Waals surface area contributed by atoms with Crippen molar-refractivity contribution in [3.05, 3.63) is 65.4 Å². The number of carbonyl (C=O) groups excluding carboxylic acids is 3. The molecule has 2 aromatic carbocycles. The number of ether oxygens (including phenoxy) is 1. The Balaban J connectivity index is 1.37. The van der Waals surface area contributed by atoms with Crippen LogP contribution in [0.15, 0.2) is 48.7 Å². The number of aryl methyl sites for hydroxylation is 2. The van der Waals surface area contributed by atoms with E-state index < -0.39 is 24.5 Å². The maximum atomic E-state index is 12.6. The highest BCUT2D eigenvalue weighted by atomic mass is 16.5. The number of benzene rings is 2. The fraction of sp³-hybridized carbons (Fsp3) is 0.292. The van der Waals surface area contributed by atoms with Crippen LogP contribution in [0, 0.1) is 0 Å². The van der Waals surface area contributed by atoms with E-state index in [9.17, 15) is 14.4 Å². The molecule has 0 saturated carbocycles. The molecule has 1 heterocycles. The molecule has 7 nitrogen and oxygen atoms in total. The second-order valence-electron chi connectivity index (χ2n) is 7.81. The zero-order valence-electron chi connectivity index (χ0n) is 17.4. The van der Waals surface area contributed by atoms with Gasteiger partial charge in [0.05, 0.1) is 0 Å². The first-order valence-electron chi connectivity index (χ1n) is 10.4. The second kappa shape index (κ2) is 9.04. The molecule has 1 aromatic heterocycles. The van der Waals surface area contributed by atoms with Crippen LogP contribution in [0.3, 0.4) is 0 Å². The molecule has 0 fully saturated rings. The summed E-state index contributed by atoms with van der Waals surface area (Å²) in [6.45, 7) is 0.927. The third-order valence-electron chi connectivity index (χ3n) is 5.49. The summed E-state index contributed by atoms with van der Waals surface area (Å²) in [5.41, 5.74) is 5.09. The highest BCUT2D eigenvalue weighted by Crippen LogP contribution is 2.25. The molecule has 0 saturated heterocycles. The van der Waals surface area contributed by atoms with Crippen LogP contribution in [0.2, 0.25) is 0 Å². The Hall–Kier alpha value is -3.61. The minimum Gasteiger partial charge on any atom is -0.454 e. The Morgan fingerprint density at radius 2 is 1.90 bits per heavy atom. The summed E-state index contributed by atoms with van der Waals surface area (Å²) in [7, 11) is 0. The molecule has 3 aromatic rings. The molecule has 1 aliphatic carbocycles. The fourth-order valence-corrected chi connectivity index (χ4v) is 4.04. The molecule has 31 heavy (non-hydrogen) atoms. The van der Waals surface area contributed by atoms with Crippen molar-refractivity contribution in [1.29, 1.82) is 0 Å². The van der Waals surface area contributed by atoms with Gasteiger partial charge in [-0.3, -0.25) is 9.59 Å². The number of carbonyl (C=O) groups is 3. The molecule has 4 rings (SSSR count). The Morgan fingerprint density at radius 3 is 2.74 bits per heavy atom. The molecular weight excluding hydrogens is 394 g/mol. The smallest absolute Gasteiger partial charge is 0.329 e. The lowest BCUT2D eigenvalue weighted by atomic mass is 10.0. The molecule has 2 amide bonds. The lowest BCUT2D eigenvalue weighted by molar-refractivity contribution is -0.150. The molecule has 0 radical (unpaired) electrons. The average molecular weight is 419 g/mol. The number of anilines is 1. The van der Waals surface area contributed by atoms with E-state index in [1.165, 1.54) is 18.1 Å². The number of H-pyrrole nitrogens is 1. The van der Waals surface area contributed by atoms with Crippen LogP contribution in [0.25, 0.3) is 10.9 Å². The minimum absolute atomic E-state index is 0.259. The number of rotatable bonds is 7. The van der Waals surface area contributed by atoms with Crippen LogP contribution in [-0.4, -0.2) is 35.4 Å². The zero-order chi connectivity index (χ0) is 21.8. The number of esters is 1. The number of aromatic amines is 1. The van der Waals surface area contributed by atoms with Gasteiger partial charge in [0.15, 0.2) is 6.61 Å². The van der Waals surface area contributed by atoms with E-state index in [0.29, 0.717) is 5.69 Å². The van der Waals surface area contributed by atoms with Gasteiger partial charge >= 0.3 is 5.97 Å². The van der Waals surface area contributed by atoms with Crippen molar-refractivity contribution in [3.8, 4) is 0 Å². The fourth-order valence-electron chi connectivity index (χ4n) is 4.04. The molecule has 160 valence electrons. The van der Waals surface area contributed by atoms with Gasteiger partial charge in [0, 0.05) is 36.1 Å². The number of hydrogen-bond acceptors (Lipinski definition) is 4. The maximum absolute atomic E-state index is 12.6. The third kappa shape index (κ3) is 4.94. The number of fused-ring (bicyclic) bond motifs is 2. The largest absolute Gasteiger partial charge is 0.454 e. The number of amides is 2. The molecule has 0 spiro atoms. The lowest BCUT2D eigenvalue weighted by Crippen LogP contribution is -2.43. The number of aromatic nitrogens is 1. The van der Waals surface area contributed by atoms with Crippen LogP contribution in [0.5, 0.6) is 0 Å². The van der Waals surface area contributed by atoms with Gasteiger partial charge in [0.2, 0.25) is 5.91 Å². The lowest BCUT2D eigenvalue weighted by Gasteiger charge is -2.16. The molecule has 7 heteroatoms. The van der Waals surface area contributed by atoms with Crippen molar-refractivity contribution < 1.29 is 19.1 Å². The van der Waals surface area contributed by atoms with Gasteiger partial charge in [0.25, 0.3) is 5.91 Å². The summed E-state index contributed by atoms with van der Waals surface area (Å²) in [5.74, 6) is -1.41. The maximum Gasteiger partial charge on any atom is 0.329 e. The summed E-state index contributed by atoms with van der Waals surface area (Å²) >= 11 is 0. The van der Waals surface area contributed by atoms with E-state index in [-0.39, 0.29) is 12.3 Å². The second-order valence-corrected chi connectivity index (χ2v) is 7.81. The van der Waals surface area contributed by atoms with E-state index in [2.05, 4.69) is 15.6 Å². The normalized spacial score (nSPS) is 13.5. The Kier molecular flexibility index (Phi) is 6.02. The van der Waals surface area contributed by atoms with Crippen molar-refractivity contribution in [2.24, 2.45) is 0 Å². The first-order chi connectivity index (χ1) is 15.0. The quantitative estimate of drug-likeness (QED) is 0.513. The summed E-state index contributed by atoms with van der Waals surface area (Å²) in [5, 5.41) is 6.37. The van der Waals surface area contributed by atoms with E-state index in [4.69, 9.17) is 4.74 Å². The van der Waals surface area contributed by atoms with Gasteiger partial charge in [-0.15, -0.1) is 0 Å². The molecule has 0 aliphatic heterocycles. The van der Waals surface area contributed by atoms with Gasteiger partial charge in [-0.1, -0.05) is 24.3 Å². The highest BCUT2D eigenvalue weighted by molar-refractivity contribution is 5.94. The van der Waals surface area contributed by atoms with Crippen LogP contribution >= 0.6 is 0 Å². The van der Waals surface area contributed by atoms with Gasteiger partial charge in [-0.05, 0) is 54.2 Å². The van der Waals surface area contributed by atoms with Crippen LogP contribution < -0.4 is 10.6 Å². The Bertz CT molecular complexity index is 1130. The van der Waals surface area contributed by atoms with Crippen molar-refractivity contribution in [2.75, 3.05) is 11.9 Å². The summed E-state index contributed by atoms with van der Waals surface area (Å²) in [4.78, 5) is 39.7. The van der Waals surface area contributed by atoms with Crippen molar-refractivity contribution >= 4 is 34.4 Å². The molecular formula is C24H25N3O4. The summed E-state index contributed by atoms with van der Waals surface area (Å²) < 4.78 is 5.22. The summed E-state index contributed by atoms with van der Waals surface area (Å²) in [6, 6.07) is 12.7. The standard InChI is InChI=1S/C24H25N3O4/c1-15(28)26-22(12-18-13-25-21-8-3-2-7-20(18)21)24(30)31-14-23(29)27-19-10-9-16-5-4-6-17(16)11-19/h2-3,7-11,13,22,25H,4-6,12,14H2,1H3,(H,26,28)(H,27,29)/t22-/m0/s1. The van der Waals surface area contributed by atoms with Gasteiger partial charge in [0.1, 0.15) is 6.04 Å². The topological polar surface area (TPSA) is 100 Å². The van der Waals surface area contributed by atoms with Gasteiger partial charge in [-0.2, -0.15) is 0 Å².